The summed E-state index contributed by atoms with van der Waals surface area (Å²) < 4.78 is 11.6. The largest absolute Gasteiger partial charge is 0.381 e. The molecule has 1 aromatic heterocycles. The minimum Gasteiger partial charge on any atom is -0.381 e. The second kappa shape index (κ2) is 9.80. The number of hydrogen-bond donors (Lipinski definition) is 0. The summed E-state index contributed by atoms with van der Waals surface area (Å²) in [7, 11) is 0. The van der Waals surface area contributed by atoms with Crippen LogP contribution in [0.15, 0.2) is 60.9 Å². The molecule has 2 aromatic carbocycles. The van der Waals surface area contributed by atoms with E-state index in [-0.39, 0.29) is 11.8 Å². The fraction of sp³-hybridized carbons (Fsp3) is 0.407. The van der Waals surface area contributed by atoms with E-state index in [0.29, 0.717) is 57.4 Å². The summed E-state index contributed by atoms with van der Waals surface area (Å²) in [5, 5.41) is 3.01. The molecule has 5 rings (SSSR count). The van der Waals surface area contributed by atoms with Crippen LogP contribution < -0.4 is 0 Å². The first-order chi connectivity index (χ1) is 16.1. The lowest BCUT2D eigenvalue weighted by Gasteiger charge is -2.40. The number of rotatable bonds is 4. The van der Waals surface area contributed by atoms with E-state index in [1.807, 2.05) is 47.6 Å². The van der Waals surface area contributed by atoms with Crippen LogP contribution in [0.1, 0.15) is 24.0 Å². The quantitative estimate of drug-likeness (QED) is 0.563. The molecular formula is C27H29ClN2O3. The minimum atomic E-state index is -0.563. The van der Waals surface area contributed by atoms with Gasteiger partial charge in [0.2, 0.25) is 5.91 Å². The van der Waals surface area contributed by atoms with Crippen LogP contribution in [0.25, 0.3) is 10.8 Å². The number of benzene rings is 2. The molecular weight excluding hydrogens is 436 g/mol. The van der Waals surface area contributed by atoms with Crippen LogP contribution in [0, 0.1) is 5.92 Å². The molecule has 0 aliphatic carbocycles. The third-order valence-electron chi connectivity index (χ3n) is 7.01. The van der Waals surface area contributed by atoms with Crippen molar-refractivity contribution in [3.63, 3.8) is 0 Å². The standard InChI is InChI=1S/C27H29ClN2O3/c28-25-5-3-24(4-6-25)27(8-12-32-13-9-27)26(31)30-11-14-33-19-21(18-30)15-20-1-2-22-7-10-29-17-23(22)16-20/h1-7,10,16-17,21H,8-9,11-15,18-19H2/t21-/m1/s1. The highest BCUT2D eigenvalue weighted by atomic mass is 35.5. The number of halogens is 1. The number of carbonyl (C=O) groups is 1. The zero-order chi connectivity index (χ0) is 22.7. The number of amides is 1. The molecule has 2 aliphatic heterocycles. The van der Waals surface area contributed by atoms with Crippen molar-refractivity contribution in [3.8, 4) is 0 Å². The molecule has 1 amide bonds. The van der Waals surface area contributed by atoms with Gasteiger partial charge in [0.15, 0.2) is 0 Å². The molecule has 3 heterocycles. The van der Waals surface area contributed by atoms with E-state index in [4.69, 9.17) is 21.1 Å². The van der Waals surface area contributed by atoms with Crippen molar-refractivity contribution in [3.05, 3.63) is 77.1 Å². The summed E-state index contributed by atoms with van der Waals surface area (Å²) in [5.41, 5.74) is 1.72. The van der Waals surface area contributed by atoms with E-state index >= 15 is 0 Å². The van der Waals surface area contributed by atoms with Crippen LogP contribution in [0.3, 0.4) is 0 Å². The molecule has 172 valence electrons. The second-order valence-corrected chi connectivity index (χ2v) is 9.59. The molecule has 2 fully saturated rings. The van der Waals surface area contributed by atoms with Crippen LogP contribution in [0.4, 0.5) is 0 Å². The van der Waals surface area contributed by atoms with E-state index in [9.17, 15) is 4.79 Å². The van der Waals surface area contributed by atoms with E-state index < -0.39 is 5.41 Å². The van der Waals surface area contributed by atoms with Crippen LogP contribution in [0.2, 0.25) is 5.02 Å². The summed E-state index contributed by atoms with van der Waals surface area (Å²) in [6, 6.07) is 16.3. The maximum absolute atomic E-state index is 14.1. The average Bonchev–Trinajstić information content (AvgIpc) is 3.10. The zero-order valence-electron chi connectivity index (χ0n) is 18.7. The van der Waals surface area contributed by atoms with E-state index in [0.717, 1.165) is 17.4 Å². The lowest BCUT2D eigenvalue weighted by atomic mass is 9.73. The van der Waals surface area contributed by atoms with Gasteiger partial charge in [-0.15, -0.1) is 0 Å². The third-order valence-corrected chi connectivity index (χ3v) is 7.26. The topological polar surface area (TPSA) is 51.7 Å². The van der Waals surface area contributed by atoms with Gasteiger partial charge in [-0.3, -0.25) is 9.78 Å². The summed E-state index contributed by atoms with van der Waals surface area (Å²) in [5.74, 6) is 0.430. The van der Waals surface area contributed by atoms with Gasteiger partial charge in [0.1, 0.15) is 0 Å². The molecule has 2 aliphatic rings. The fourth-order valence-corrected chi connectivity index (χ4v) is 5.33. The van der Waals surface area contributed by atoms with Crippen LogP contribution in [0.5, 0.6) is 0 Å². The highest BCUT2D eigenvalue weighted by Crippen LogP contribution is 2.38. The number of ether oxygens (including phenoxy) is 2. The predicted octanol–water partition coefficient (Wildman–Crippen LogP) is 4.65. The molecule has 0 radical (unpaired) electrons. The lowest BCUT2D eigenvalue weighted by molar-refractivity contribution is -0.141. The molecule has 33 heavy (non-hydrogen) atoms. The molecule has 2 saturated heterocycles. The Balaban J connectivity index is 1.37. The first-order valence-electron chi connectivity index (χ1n) is 11.7. The Morgan fingerprint density at radius 3 is 2.67 bits per heavy atom. The van der Waals surface area contributed by atoms with Crippen molar-refractivity contribution in [2.24, 2.45) is 5.92 Å². The number of carbonyl (C=O) groups excluding carboxylic acids is 1. The maximum atomic E-state index is 14.1. The molecule has 3 aromatic rings. The first-order valence-corrected chi connectivity index (χ1v) is 12.1. The summed E-state index contributed by atoms with van der Waals surface area (Å²) in [4.78, 5) is 20.3. The minimum absolute atomic E-state index is 0.186. The molecule has 1 atom stereocenters. The van der Waals surface area contributed by atoms with Crippen LogP contribution in [-0.2, 0) is 26.1 Å². The Morgan fingerprint density at radius 1 is 1.03 bits per heavy atom. The Hall–Kier alpha value is -2.47. The molecule has 0 N–H and O–H groups in total. The Kier molecular flexibility index (Phi) is 6.63. The summed E-state index contributed by atoms with van der Waals surface area (Å²) >= 11 is 6.14. The number of hydrogen-bond acceptors (Lipinski definition) is 4. The van der Waals surface area contributed by atoms with E-state index in [2.05, 4.69) is 23.2 Å². The predicted molar refractivity (Wildman–Crippen MR) is 130 cm³/mol. The van der Waals surface area contributed by atoms with Gasteiger partial charge >= 0.3 is 0 Å². The number of aromatic nitrogens is 1. The fourth-order valence-electron chi connectivity index (χ4n) is 5.20. The van der Waals surface area contributed by atoms with Crippen molar-refractivity contribution in [2.45, 2.75) is 24.7 Å². The van der Waals surface area contributed by atoms with Gasteiger partial charge in [-0.1, -0.05) is 35.9 Å². The molecule has 5 nitrogen and oxygen atoms in total. The SMILES string of the molecule is O=C(N1CCOC[C@H](Cc2ccc3ccncc3c2)C1)C1(c2ccc(Cl)cc2)CCOCC1. The van der Waals surface area contributed by atoms with Crippen molar-refractivity contribution in [1.29, 1.82) is 0 Å². The van der Waals surface area contributed by atoms with Gasteiger partial charge in [0.05, 0.1) is 18.6 Å². The molecule has 0 saturated carbocycles. The maximum Gasteiger partial charge on any atom is 0.233 e. The van der Waals surface area contributed by atoms with Crippen molar-refractivity contribution >= 4 is 28.3 Å². The molecule has 0 unspecified atom stereocenters. The van der Waals surface area contributed by atoms with Gasteiger partial charge in [0.25, 0.3) is 0 Å². The third kappa shape index (κ3) is 4.77. The van der Waals surface area contributed by atoms with Crippen molar-refractivity contribution in [2.75, 3.05) is 39.5 Å². The first kappa shape index (κ1) is 22.3. The van der Waals surface area contributed by atoms with Gasteiger partial charge in [-0.05, 0) is 60.0 Å². The molecule has 0 bridgehead atoms. The monoisotopic (exact) mass is 464 g/mol. The number of fused-ring (bicyclic) bond motifs is 1. The van der Waals surface area contributed by atoms with Crippen LogP contribution >= 0.6 is 11.6 Å². The Bertz CT molecular complexity index is 1110. The van der Waals surface area contributed by atoms with Gasteiger partial charge in [0, 0.05) is 55.0 Å². The number of pyridine rings is 1. The van der Waals surface area contributed by atoms with Crippen molar-refractivity contribution in [1.82, 2.24) is 9.88 Å². The summed E-state index contributed by atoms with van der Waals surface area (Å²) in [6.45, 7) is 3.72. The zero-order valence-corrected chi connectivity index (χ0v) is 19.5. The smallest absolute Gasteiger partial charge is 0.233 e. The lowest BCUT2D eigenvalue weighted by Crippen LogP contribution is -2.51. The number of nitrogens with zero attached hydrogens (tertiary/aromatic N) is 2. The van der Waals surface area contributed by atoms with Gasteiger partial charge < -0.3 is 14.4 Å². The van der Waals surface area contributed by atoms with Crippen molar-refractivity contribution < 1.29 is 14.3 Å². The van der Waals surface area contributed by atoms with Gasteiger partial charge in [-0.25, -0.2) is 0 Å². The average molecular weight is 465 g/mol. The Morgan fingerprint density at radius 2 is 1.85 bits per heavy atom. The van der Waals surface area contributed by atoms with E-state index in [1.165, 1.54) is 10.9 Å². The highest BCUT2D eigenvalue weighted by molar-refractivity contribution is 6.30. The molecule has 6 heteroatoms. The Labute approximate surface area is 199 Å². The molecule has 0 spiro atoms. The second-order valence-electron chi connectivity index (χ2n) is 9.15. The summed E-state index contributed by atoms with van der Waals surface area (Å²) in [6.07, 6.45) is 5.96. The highest BCUT2D eigenvalue weighted by Gasteiger charge is 2.44. The van der Waals surface area contributed by atoms with E-state index in [1.54, 1.807) is 0 Å². The normalized spacial score (nSPS) is 21.0. The van der Waals surface area contributed by atoms with Crippen LogP contribution in [-0.4, -0.2) is 55.3 Å². The van der Waals surface area contributed by atoms with Gasteiger partial charge in [-0.2, -0.15) is 0 Å².